The molecule has 0 aliphatic heterocycles. The van der Waals surface area contributed by atoms with E-state index in [0.717, 1.165) is 12.1 Å². The summed E-state index contributed by atoms with van der Waals surface area (Å²) in [6, 6.07) is 5.43. The van der Waals surface area contributed by atoms with E-state index in [1.54, 1.807) is 13.0 Å². The minimum absolute atomic E-state index is 0.189. The van der Waals surface area contributed by atoms with Crippen molar-refractivity contribution in [3.8, 4) is 6.01 Å². The first kappa shape index (κ1) is 16.0. The van der Waals surface area contributed by atoms with Crippen molar-refractivity contribution in [1.29, 1.82) is 0 Å². The molecule has 0 saturated carbocycles. The summed E-state index contributed by atoms with van der Waals surface area (Å²) in [7, 11) is 1.45. The molecule has 8 heteroatoms. The average molecular weight is 312 g/mol. The van der Waals surface area contributed by atoms with Gasteiger partial charge < -0.3 is 10.1 Å². The highest BCUT2D eigenvalue weighted by atomic mass is 19.4. The van der Waals surface area contributed by atoms with Gasteiger partial charge in [0.1, 0.15) is 5.82 Å². The number of nitrogens with zero attached hydrogens (tertiary/aromatic N) is 3. The Morgan fingerprint density at radius 1 is 1.18 bits per heavy atom. The lowest BCUT2D eigenvalue weighted by Crippen LogP contribution is -2.11. The van der Waals surface area contributed by atoms with Gasteiger partial charge in [0.15, 0.2) is 0 Å². The van der Waals surface area contributed by atoms with E-state index in [9.17, 15) is 13.2 Å². The van der Waals surface area contributed by atoms with Gasteiger partial charge in [-0.2, -0.15) is 28.1 Å². The van der Waals surface area contributed by atoms with Crippen molar-refractivity contribution in [2.75, 3.05) is 19.0 Å². The summed E-state index contributed by atoms with van der Waals surface area (Å²) >= 11 is 0. The number of alkyl halides is 3. The van der Waals surface area contributed by atoms with E-state index in [4.69, 9.17) is 4.74 Å². The minimum atomic E-state index is -4.33. The smallest absolute Gasteiger partial charge is 0.416 e. The molecule has 0 saturated heterocycles. The fraction of sp³-hybridized carbons (Fsp3) is 0.357. The van der Waals surface area contributed by atoms with Crippen molar-refractivity contribution in [2.45, 2.75) is 19.5 Å². The molecule has 1 N–H and O–H groups in total. The number of anilines is 1. The lowest BCUT2D eigenvalue weighted by molar-refractivity contribution is -0.137. The van der Waals surface area contributed by atoms with Crippen LogP contribution in [0.25, 0.3) is 0 Å². The largest absolute Gasteiger partial charge is 0.467 e. The van der Waals surface area contributed by atoms with Gasteiger partial charge in [-0.25, -0.2) is 0 Å². The predicted molar refractivity (Wildman–Crippen MR) is 74.8 cm³/mol. The normalized spacial score (nSPS) is 11.3. The lowest BCUT2D eigenvalue weighted by Gasteiger charge is -2.09. The highest BCUT2D eigenvalue weighted by Crippen LogP contribution is 2.29. The monoisotopic (exact) mass is 312 g/mol. The summed E-state index contributed by atoms with van der Waals surface area (Å²) in [6.07, 6.45) is -3.92. The second-order valence-corrected chi connectivity index (χ2v) is 4.57. The number of ether oxygens (including phenoxy) is 1. The molecule has 5 nitrogen and oxygen atoms in total. The molecule has 1 aromatic carbocycles. The lowest BCUT2D eigenvalue weighted by atomic mass is 10.1. The molecule has 0 aliphatic rings. The summed E-state index contributed by atoms with van der Waals surface area (Å²) in [6.45, 7) is 2.09. The topological polar surface area (TPSA) is 59.9 Å². The summed E-state index contributed by atoms with van der Waals surface area (Å²) in [5.74, 6) is 0.824. The van der Waals surface area contributed by atoms with Gasteiger partial charge in [-0.05, 0) is 25.0 Å². The summed E-state index contributed by atoms with van der Waals surface area (Å²) in [5, 5.41) is 2.94. The third kappa shape index (κ3) is 4.31. The number of rotatable bonds is 5. The maximum atomic E-state index is 12.6. The third-order valence-corrected chi connectivity index (χ3v) is 2.86. The van der Waals surface area contributed by atoms with Gasteiger partial charge in [-0.3, -0.25) is 0 Å². The molecule has 2 rings (SSSR count). The Hall–Kier alpha value is -2.38. The van der Waals surface area contributed by atoms with Crippen LogP contribution in [0.15, 0.2) is 24.3 Å². The molecule has 0 radical (unpaired) electrons. The number of hydrogen-bond donors (Lipinski definition) is 1. The molecule has 0 atom stereocenters. The molecule has 0 aliphatic carbocycles. The Morgan fingerprint density at radius 3 is 2.64 bits per heavy atom. The van der Waals surface area contributed by atoms with Crippen molar-refractivity contribution < 1.29 is 17.9 Å². The van der Waals surface area contributed by atoms with Gasteiger partial charge in [0.05, 0.1) is 12.7 Å². The van der Waals surface area contributed by atoms with Crippen LogP contribution in [0.1, 0.15) is 17.0 Å². The van der Waals surface area contributed by atoms with Gasteiger partial charge in [0.2, 0.25) is 5.95 Å². The second-order valence-electron chi connectivity index (χ2n) is 4.57. The highest BCUT2D eigenvalue weighted by molar-refractivity contribution is 5.29. The quantitative estimate of drug-likeness (QED) is 0.920. The molecular weight excluding hydrogens is 297 g/mol. The fourth-order valence-electron chi connectivity index (χ4n) is 1.85. The van der Waals surface area contributed by atoms with Gasteiger partial charge in [-0.15, -0.1) is 0 Å². The van der Waals surface area contributed by atoms with E-state index in [-0.39, 0.29) is 6.01 Å². The molecule has 22 heavy (non-hydrogen) atoms. The zero-order valence-electron chi connectivity index (χ0n) is 12.1. The van der Waals surface area contributed by atoms with Crippen LogP contribution in [0.3, 0.4) is 0 Å². The number of methoxy groups -OCH3 is 1. The predicted octanol–water partition coefficient (Wildman–Crippen LogP) is 2.86. The van der Waals surface area contributed by atoms with Crippen LogP contribution < -0.4 is 10.1 Å². The SMILES string of the molecule is COc1nc(C)nc(NCCc2cccc(C(F)(F)F)c2)n1. The Bertz CT molecular complexity index is 646. The molecule has 118 valence electrons. The molecule has 0 bridgehead atoms. The van der Waals surface area contributed by atoms with Crippen molar-refractivity contribution in [3.05, 3.63) is 41.2 Å². The van der Waals surface area contributed by atoms with Crippen LogP contribution in [0.2, 0.25) is 0 Å². The molecule has 0 fully saturated rings. The standard InChI is InChI=1S/C14H15F3N4O/c1-9-19-12(21-13(20-9)22-2)18-7-6-10-4-3-5-11(8-10)14(15,16)17/h3-5,8H,6-7H2,1-2H3,(H,18,19,20,21). The Kier molecular flexibility index (Phi) is 4.79. The number of halogens is 3. The molecule has 0 spiro atoms. The van der Waals surface area contributed by atoms with Gasteiger partial charge in [-0.1, -0.05) is 18.2 Å². The van der Waals surface area contributed by atoms with Crippen molar-refractivity contribution in [1.82, 2.24) is 15.0 Å². The Labute approximate surface area is 125 Å². The van der Waals surface area contributed by atoms with E-state index in [1.165, 1.54) is 13.2 Å². The first-order valence-corrected chi connectivity index (χ1v) is 6.55. The fourth-order valence-corrected chi connectivity index (χ4v) is 1.85. The summed E-state index contributed by atoms with van der Waals surface area (Å²) in [4.78, 5) is 12.0. The Morgan fingerprint density at radius 2 is 1.95 bits per heavy atom. The first-order chi connectivity index (χ1) is 10.4. The molecule has 1 aromatic heterocycles. The number of nitrogens with one attached hydrogen (secondary N) is 1. The number of aryl methyl sites for hydroxylation is 1. The van der Waals surface area contributed by atoms with E-state index >= 15 is 0 Å². The molecule has 0 unspecified atom stereocenters. The van der Waals surface area contributed by atoms with Gasteiger partial charge in [0, 0.05) is 6.54 Å². The summed E-state index contributed by atoms with van der Waals surface area (Å²) < 4.78 is 42.8. The summed E-state index contributed by atoms with van der Waals surface area (Å²) in [5.41, 5.74) is -0.0669. The van der Waals surface area contributed by atoms with Crippen LogP contribution >= 0.6 is 0 Å². The Balaban J connectivity index is 1.98. The number of hydrogen-bond acceptors (Lipinski definition) is 5. The number of aromatic nitrogens is 3. The minimum Gasteiger partial charge on any atom is -0.467 e. The van der Waals surface area contributed by atoms with Crippen molar-refractivity contribution >= 4 is 5.95 Å². The van der Waals surface area contributed by atoms with Crippen LogP contribution in [-0.4, -0.2) is 28.6 Å². The van der Waals surface area contributed by atoms with E-state index in [2.05, 4.69) is 20.3 Å². The van der Waals surface area contributed by atoms with Crippen LogP contribution in [0.4, 0.5) is 19.1 Å². The second kappa shape index (κ2) is 6.59. The van der Waals surface area contributed by atoms with Gasteiger partial charge in [0.25, 0.3) is 0 Å². The van der Waals surface area contributed by atoms with Crippen LogP contribution in [-0.2, 0) is 12.6 Å². The van der Waals surface area contributed by atoms with Crippen LogP contribution in [0, 0.1) is 6.92 Å². The average Bonchev–Trinajstić information content (AvgIpc) is 2.46. The zero-order chi connectivity index (χ0) is 16.2. The van der Waals surface area contributed by atoms with Crippen molar-refractivity contribution in [3.63, 3.8) is 0 Å². The van der Waals surface area contributed by atoms with Crippen molar-refractivity contribution in [2.24, 2.45) is 0 Å². The molecule has 1 heterocycles. The first-order valence-electron chi connectivity index (χ1n) is 6.55. The third-order valence-electron chi connectivity index (χ3n) is 2.86. The van der Waals surface area contributed by atoms with Crippen LogP contribution in [0.5, 0.6) is 6.01 Å². The zero-order valence-corrected chi connectivity index (χ0v) is 12.1. The maximum Gasteiger partial charge on any atom is 0.416 e. The molecular formula is C14H15F3N4O. The molecule has 0 amide bonds. The highest BCUT2D eigenvalue weighted by Gasteiger charge is 2.30. The number of benzene rings is 1. The van der Waals surface area contributed by atoms with E-state index in [1.807, 2.05) is 0 Å². The van der Waals surface area contributed by atoms with Gasteiger partial charge >= 0.3 is 12.2 Å². The maximum absolute atomic E-state index is 12.6. The van der Waals surface area contributed by atoms with E-state index in [0.29, 0.717) is 30.3 Å². The molecule has 2 aromatic rings. The van der Waals surface area contributed by atoms with E-state index < -0.39 is 11.7 Å².